The summed E-state index contributed by atoms with van der Waals surface area (Å²) in [6.07, 6.45) is 7.07. The molecule has 0 saturated carbocycles. The molecule has 0 radical (unpaired) electrons. The highest BCUT2D eigenvalue weighted by molar-refractivity contribution is 5.81. The molecule has 0 aromatic carbocycles. The molecule has 0 aliphatic carbocycles. The van der Waals surface area contributed by atoms with Gasteiger partial charge in [-0.1, -0.05) is 6.08 Å². The summed E-state index contributed by atoms with van der Waals surface area (Å²) in [5, 5.41) is 0. The summed E-state index contributed by atoms with van der Waals surface area (Å²) in [6, 6.07) is 0. The molecular weight excluding hydrogens is 196 g/mol. The molecular formula is C11H18O4. The van der Waals surface area contributed by atoms with Gasteiger partial charge >= 0.3 is 5.97 Å². The second-order valence-electron chi connectivity index (χ2n) is 3.38. The summed E-state index contributed by atoms with van der Waals surface area (Å²) in [6.45, 7) is 1.38. The molecule has 1 fully saturated rings. The van der Waals surface area contributed by atoms with Gasteiger partial charge in [0.25, 0.3) is 0 Å². The Balaban J connectivity index is 2.00. The van der Waals surface area contributed by atoms with E-state index in [-0.39, 0.29) is 12.3 Å². The molecule has 1 aliphatic heterocycles. The smallest absolute Gasteiger partial charge is 0.330 e. The van der Waals surface area contributed by atoms with E-state index < -0.39 is 0 Å². The molecule has 4 heteroatoms. The van der Waals surface area contributed by atoms with E-state index in [1.165, 1.54) is 19.6 Å². The van der Waals surface area contributed by atoms with Crippen molar-refractivity contribution in [1.29, 1.82) is 0 Å². The van der Waals surface area contributed by atoms with Gasteiger partial charge in [-0.15, -0.1) is 0 Å². The van der Waals surface area contributed by atoms with E-state index in [1.807, 2.05) is 0 Å². The van der Waals surface area contributed by atoms with Gasteiger partial charge in [-0.25, -0.2) is 4.79 Å². The van der Waals surface area contributed by atoms with Crippen LogP contribution in [0.5, 0.6) is 0 Å². The van der Waals surface area contributed by atoms with Gasteiger partial charge in [0.2, 0.25) is 0 Å². The predicted molar refractivity (Wildman–Crippen MR) is 55.3 cm³/mol. The number of rotatable bonds is 5. The SMILES string of the molecule is COC(=O)/C=C/CCO[C@@H]1CCCCO1. The fraction of sp³-hybridized carbons (Fsp3) is 0.727. The van der Waals surface area contributed by atoms with Crippen molar-refractivity contribution in [3.05, 3.63) is 12.2 Å². The topological polar surface area (TPSA) is 44.8 Å². The number of esters is 1. The first kappa shape index (κ1) is 12.2. The molecule has 1 aliphatic rings. The van der Waals surface area contributed by atoms with Crippen molar-refractivity contribution in [3.63, 3.8) is 0 Å². The van der Waals surface area contributed by atoms with Gasteiger partial charge in [0.05, 0.1) is 13.7 Å². The monoisotopic (exact) mass is 214 g/mol. The van der Waals surface area contributed by atoms with Gasteiger partial charge in [-0.3, -0.25) is 0 Å². The molecule has 86 valence electrons. The van der Waals surface area contributed by atoms with Crippen LogP contribution in [0.25, 0.3) is 0 Å². The Kier molecular flexibility index (Phi) is 6.04. The minimum absolute atomic E-state index is 0.0507. The molecule has 0 spiro atoms. The molecule has 1 atom stereocenters. The van der Waals surface area contributed by atoms with Gasteiger partial charge in [0.15, 0.2) is 6.29 Å². The van der Waals surface area contributed by atoms with Crippen LogP contribution < -0.4 is 0 Å². The highest BCUT2D eigenvalue weighted by Gasteiger charge is 2.12. The van der Waals surface area contributed by atoms with E-state index in [2.05, 4.69) is 4.74 Å². The van der Waals surface area contributed by atoms with Crippen LogP contribution in [0.2, 0.25) is 0 Å². The first-order valence-electron chi connectivity index (χ1n) is 5.30. The summed E-state index contributed by atoms with van der Waals surface area (Å²) in [7, 11) is 1.36. The van der Waals surface area contributed by atoms with Gasteiger partial charge < -0.3 is 14.2 Å². The minimum Gasteiger partial charge on any atom is -0.466 e. The maximum Gasteiger partial charge on any atom is 0.330 e. The van der Waals surface area contributed by atoms with Crippen LogP contribution in [-0.4, -0.2) is 32.6 Å². The van der Waals surface area contributed by atoms with Gasteiger partial charge in [-0.05, 0) is 25.7 Å². The second-order valence-corrected chi connectivity index (χ2v) is 3.38. The average Bonchev–Trinajstić information content (AvgIpc) is 2.29. The van der Waals surface area contributed by atoms with E-state index in [1.54, 1.807) is 6.08 Å². The van der Waals surface area contributed by atoms with E-state index >= 15 is 0 Å². The van der Waals surface area contributed by atoms with Crippen LogP contribution in [0.15, 0.2) is 12.2 Å². The van der Waals surface area contributed by atoms with Crippen molar-refractivity contribution in [2.24, 2.45) is 0 Å². The lowest BCUT2D eigenvalue weighted by Crippen LogP contribution is -2.22. The molecule has 0 unspecified atom stereocenters. The quantitative estimate of drug-likeness (QED) is 0.396. The Labute approximate surface area is 90.2 Å². The molecule has 1 heterocycles. The summed E-state index contributed by atoms with van der Waals surface area (Å²) < 4.78 is 15.3. The number of ether oxygens (including phenoxy) is 3. The first-order valence-corrected chi connectivity index (χ1v) is 5.30. The van der Waals surface area contributed by atoms with Crippen molar-refractivity contribution in [1.82, 2.24) is 0 Å². The Morgan fingerprint density at radius 2 is 2.40 bits per heavy atom. The third-order valence-electron chi connectivity index (χ3n) is 2.18. The fourth-order valence-corrected chi connectivity index (χ4v) is 1.36. The van der Waals surface area contributed by atoms with Crippen molar-refractivity contribution in [3.8, 4) is 0 Å². The van der Waals surface area contributed by atoms with Crippen molar-refractivity contribution in [2.45, 2.75) is 32.0 Å². The molecule has 0 amide bonds. The highest BCUT2D eigenvalue weighted by Crippen LogP contribution is 2.13. The first-order chi connectivity index (χ1) is 7.33. The molecule has 0 N–H and O–H groups in total. The highest BCUT2D eigenvalue weighted by atomic mass is 16.7. The lowest BCUT2D eigenvalue weighted by molar-refractivity contribution is -0.161. The Bertz CT molecular complexity index is 207. The molecule has 1 rings (SSSR count). The van der Waals surface area contributed by atoms with E-state index in [0.29, 0.717) is 13.0 Å². The van der Waals surface area contributed by atoms with Crippen molar-refractivity contribution < 1.29 is 19.0 Å². The Morgan fingerprint density at radius 3 is 3.07 bits per heavy atom. The standard InChI is InChI=1S/C11H18O4/c1-13-10(12)6-2-4-8-14-11-7-3-5-9-15-11/h2,6,11H,3-5,7-9H2,1H3/b6-2+/t11-/m0/s1. The lowest BCUT2D eigenvalue weighted by atomic mass is 10.2. The molecule has 15 heavy (non-hydrogen) atoms. The number of carbonyl (C=O) groups is 1. The zero-order valence-corrected chi connectivity index (χ0v) is 9.11. The van der Waals surface area contributed by atoms with Crippen LogP contribution in [0.1, 0.15) is 25.7 Å². The summed E-state index contributed by atoms with van der Waals surface area (Å²) in [5.41, 5.74) is 0. The summed E-state index contributed by atoms with van der Waals surface area (Å²) in [5.74, 6) is -0.330. The van der Waals surface area contributed by atoms with Crippen LogP contribution >= 0.6 is 0 Å². The van der Waals surface area contributed by atoms with Crippen LogP contribution in [-0.2, 0) is 19.0 Å². The zero-order valence-electron chi connectivity index (χ0n) is 9.11. The Hall–Kier alpha value is -0.870. The molecule has 1 saturated heterocycles. The molecule has 0 bridgehead atoms. The predicted octanol–water partition coefficient (Wildman–Crippen LogP) is 1.65. The van der Waals surface area contributed by atoms with Crippen LogP contribution in [0.4, 0.5) is 0 Å². The van der Waals surface area contributed by atoms with E-state index in [9.17, 15) is 4.79 Å². The zero-order chi connectivity index (χ0) is 10.9. The normalized spacial score (nSPS) is 21.8. The number of methoxy groups -OCH3 is 1. The maximum atomic E-state index is 10.7. The maximum absolute atomic E-state index is 10.7. The largest absolute Gasteiger partial charge is 0.466 e. The number of hydrogen-bond acceptors (Lipinski definition) is 4. The number of carbonyl (C=O) groups excluding carboxylic acids is 1. The summed E-state index contributed by atoms with van der Waals surface area (Å²) in [4.78, 5) is 10.7. The summed E-state index contributed by atoms with van der Waals surface area (Å²) >= 11 is 0. The van der Waals surface area contributed by atoms with E-state index in [0.717, 1.165) is 19.4 Å². The van der Waals surface area contributed by atoms with Crippen molar-refractivity contribution in [2.75, 3.05) is 20.3 Å². The van der Waals surface area contributed by atoms with Crippen LogP contribution in [0.3, 0.4) is 0 Å². The second kappa shape index (κ2) is 7.43. The third kappa shape index (κ3) is 5.54. The van der Waals surface area contributed by atoms with Crippen LogP contribution in [0, 0.1) is 0 Å². The fourth-order valence-electron chi connectivity index (χ4n) is 1.36. The van der Waals surface area contributed by atoms with E-state index in [4.69, 9.17) is 9.47 Å². The average molecular weight is 214 g/mol. The van der Waals surface area contributed by atoms with Gasteiger partial charge in [0.1, 0.15) is 0 Å². The Morgan fingerprint density at radius 1 is 1.53 bits per heavy atom. The molecule has 0 aromatic rings. The van der Waals surface area contributed by atoms with Gasteiger partial charge in [-0.2, -0.15) is 0 Å². The minimum atomic E-state index is -0.330. The molecule has 4 nitrogen and oxygen atoms in total. The molecule has 0 aromatic heterocycles. The number of hydrogen-bond donors (Lipinski definition) is 0. The van der Waals surface area contributed by atoms with Crippen molar-refractivity contribution >= 4 is 5.97 Å². The lowest BCUT2D eigenvalue weighted by Gasteiger charge is -2.22. The van der Waals surface area contributed by atoms with Gasteiger partial charge in [0, 0.05) is 12.7 Å². The third-order valence-corrected chi connectivity index (χ3v) is 2.18.